The Morgan fingerprint density at radius 1 is 1.41 bits per heavy atom. The zero-order valence-corrected chi connectivity index (χ0v) is 11.6. The normalized spacial score (nSPS) is 12.5. The Hall–Kier alpha value is -1.14. The quantitative estimate of drug-likeness (QED) is 0.879. The van der Waals surface area contributed by atoms with E-state index in [1.54, 1.807) is 6.20 Å². The zero-order chi connectivity index (χ0) is 12.4. The molecule has 0 radical (unpaired) electrons. The minimum absolute atomic E-state index is 0.106. The average Bonchev–Trinajstić information content (AvgIpc) is 2.72. The van der Waals surface area contributed by atoms with Gasteiger partial charge in [0.2, 0.25) is 5.89 Å². The fraction of sp³-hybridized carbons (Fsp3) is 0.300. The lowest BCUT2D eigenvalue weighted by Gasteiger charge is -2.12. The molecule has 17 heavy (non-hydrogen) atoms. The predicted molar refractivity (Wildman–Crippen MR) is 68.0 cm³/mol. The number of nitrogens with zero attached hydrogens (tertiary/aromatic N) is 3. The lowest BCUT2D eigenvalue weighted by molar-refractivity contribution is 0.453. The Bertz CT molecular complexity index is 531. The van der Waals surface area contributed by atoms with E-state index in [4.69, 9.17) is 16.0 Å². The second kappa shape index (κ2) is 5.01. The van der Waals surface area contributed by atoms with E-state index >= 15 is 0 Å². The average molecular weight is 318 g/mol. The number of nitrogens with one attached hydrogen (secondary N) is 1. The van der Waals surface area contributed by atoms with Crippen LogP contribution in [0.4, 0.5) is 5.82 Å². The highest BCUT2D eigenvalue weighted by Gasteiger charge is 2.14. The fourth-order valence-corrected chi connectivity index (χ4v) is 1.74. The number of halogens is 2. The summed E-state index contributed by atoms with van der Waals surface area (Å²) in [4.78, 5) is 12.1. The van der Waals surface area contributed by atoms with Gasteiger partial charge in [-0.25, -0.2) is 15.0 Å². The minimum atomic E-state index is -0.106. The highest BCUT2D eigenvalue weighted by molar-refractivity contribution is 9.10. The molecule has 2 aromatic rings. The standard InChI is InChI=1S/C10H10BrClN4O/c1-5-3-13-10(17-5)6(2)16-9-7(11)8(12)14-4-15-9/h3-4,6H,1-2H3,(H,14,15,16). The van der Waals surface area contributed by atoms with E-state index in [-0.39, 0.29) is 6.04 Å². The molecule has 0 aliphatic rings. The SMILES string of the molecule is Cc1cnc(C(C)Nc2ncnc(Cl)c2Br)o1. The number of aromatic nitrogens is 3. The largest absolute Gasteiger partial charge is 0.444 e. The molecule has 90 valence electrons. The van der Waals surface area contributed by atoms with Gasteiger partial charge in [0.1, 0.15) is 29.1 Å². The summed E-state index contributed by atoms with van der Waals surface area (Å²) < 4.78 is 6.04. The topological polar surface area (TPSA) is 63.8 Å². The summed E-state index contributed by atoms with van der Waals surface area (Å²) in [6.07, 6.45) is 3.07. The fourth-order valence-electron chi connectivity index (χ4n) is 1.29. The molecular formula is C10H10BrClN4O. The van der Waals surface area contributed by atoms with Gasteiger partial charge in [-0.15, -0.1) is 0 Å². The van der Waals surface area contributed by atoms with Crippen LogP contribution >= 0.6 is 27.5 Å². The van der Waals surface area contributed by atoms with Crippen LogP contribution in [0.15, 0.2) is 21.4 Å². The van der Waals surface area contributed by atoms with Crippen LogP contribution in [0.2, 0.25) is 5.15 Å². The molecule has 2 aromatic heterocycles. The van der Waals surface area contributed by atoms with Crippen LogP contribution in [0.5, 0.6) is 0 Å². The van der Waals surface area contributed by atoms with Crippen LogP contribution in [0.1, 0.15) is 24.6 Å². The molecule has 1 unspecified atom stereocenters. The molecule has 0 aromatic carbocycles. The molecule has 1 atom stereocenters. The molecule has 0 saturated carbocycles. The molecule has 0 aliphatic heterocycles. The van der Waals surface area contributed by atoms with Crippen molar-refractivity contribution in [3.8, 4) is 0 Å². The maximum Gasteiger partial charge on any atom is 0.216 e. The summed E-state index contributed by atoms with van der Waals surface area (Å²) in [6, 6.07) is -0.106. The predicted octanol–water partition coefficient (Wildman–Crippen LogP) is 3.36. The Kier molecular flexibility index (Phi) is 3.63. The molecule has 0 aliphatic carbocycles. The van der Waals surface area contributed by atoms with Crippen molar-refractivity contribution < 1.29 is 4.42 Å². The second-order valence-corrected chi connectivity index (χ2v) is 4.65. The lowest BCUT2D eigenvalue weighted by Crippen LogP contribution is -2.09. The molecule has 0 fully saturated rings. The molecule has 0 amide bonds. The van der Waals surface area contributed by atoms with Crippen LogP contribution in [0, 0.1) is 6.92 Å². The summed E-state index contributed by atoms with van der Waals surface area (Å²) >= 11 is 9.19. The van der Waals surface area contributed by atoms with Crippen molar-refractivity contribution in [1.29, 1.82) is 0 Å². The maximum absolute atomic E-state index is 5.87. The Morgan fingerprint density at radius 3 is 2.82 bits per heavy atom. The summed E-state index contributed by atoms with van der Waals surface area (Å²) in [7, 11) is 0. The number of rotatable bonds is 3. The molecule has 7 heteroatoms. The number of hydrogen-bond donors (Lipinski definition) is 1. The third-order valence-electron chi connectivity index (χ3n) is 2.11. The molecule has 0 saturated heterocycles. The molecule has 2 rings (SSSR count). The van der Waals surface area contributed by atoms with E-state index in [0.717, 1.165) is 5.76 Å². The molecule has 0 spiro atoms. The number of oxazole rings is 1. The molecule has 2 heterocycles. The van der Waals surface area contributed by atoms with Gasteiger partial charge in [0, 0.05) is 0 Å². The van der Waals surface area contributed by atoms with E-state index < -0.39 is 0 Å². The van der Waals surface area contributed by atoms with E-state index in [1.165, 1.54) is 6.33 Å². The van der Waals surface area contributed by atoms with E-state index in [2.05, 4.69) is 36.2 Å². The summed E-state index contributed by atoms with van der Waals surface area (Å²) in [6.45, 7) is 3.77. The first-order valence-electron chi connectivity index (χ1n) is 4.93. The van der Waals surface area contributed by atoms with Crippen molar-refractivity contribution in [1.82, 2.24) is 15.0 Å². The van der Waals surface area contributed by atoms with Crippen molar-refractivity contribution in [2.24, 2.45) is 0 Å². The first-order valence-corrected chi connectivity index (χ1v) is 6.10. The van der Waals surface area contributed by atoms with Gasteiger partial charge < -0.3 is 9.73 Å². The van der Waals surface area contributed by atoms with Crippen molar-refractivity contribution in [3.63, 3.8) is 0 Å². The van der Waals surface area contributed by atoms with Gasteiger partial charge in [0.25, 0.3) is 0 Å². The van der Waals surface area contributed by atoms with E-state index in [1.807, 2.05) is 13.8 Å². The number of anilines is 1. The van der Waals surface area contributed by atoms with Crippen molar-refractivity contribution in [2.45, 2.75) is 19.9 Å². The molecule has 5 nitrogen and oxygen atoms in total. The van der Waals surface area contributed by atoms with Gasteiger partial charge in [-0.3, -0.25) is 0 Å². The smallest absolute Gasteiger partial charge is 0.216 e. The number of aryl methyl sites for hydroxylation is 1. The van der Waals surface area contributed by atoms with Crippen LogP contribution < -0.4 is 5.32 Å². The van der Waals surface area contributed by atoms with Gasteiger partial charge in [-0.05, 0) is 29.8 Å². The van der Waals surface area contributed by atoms with Gasteiger partial charge in [-0.2, -0.15) is 0 Å². The van der Waals surface area contributed by atoms with E-state index in [0.29, 0.717) is 21.3 Å². The van der Waals surface area contributed by atoms with Crippen LogP contribution in [0.3, 0.4) is 0 Å². The zero-order valence-electron chi connectivity index (χ0n) is 9.24. The summed E-state index contributed by atoms with van der Waals surface area (Å²) in [5.74, 6) is 1.98. The molecular weight excluding hydrogens is 307 g/mol. The highest BCUT2D eigenvalue weighted by atomic mass is 79.9. The summed E-state index contributed by atoms with van der Waals surface area (Å²) in [5.41, 5.74) is 0. The first kappa shape index (κ1) is 12.3. The number of hydrogen-bond acceptors (Lipinski definition) is 5. The van der Waals surface area contributed by atoms with Gasteiger partial charge in [-0.1, -0.05) is 11.6 Å². The third-order valence-corrected chi connectivity index (χ3v) is 3.38. The summed E-state index contributed by atoms with van der Waals surface area (Å²) in [5, 5.41) is 3.50. The van der Waals surface area contributed by atoms with E-state index in [9.17, 15) is 0 Å². The van der Waals surface area contributed by atoms with Crippen molar-refractivity contribution in [3.05, 3.63) is 33.8 Å². The Morgan fingerprint density at radius 2 is 2.18 bits per heavy atom. The van der Waals surface area contributed by atoms with Crippen LogP contribution in [0.25, 0.3) is 0 Å². The Labute approximate surface area is 112 Å². The second-order valence-electron chi connectivity index (χ2n) is 3.50. The maximum atomic E-state index is 5.87. The Balaban J connectivity index is 2.18. The molecule has 0 bridgehead atoms. The van der Waals surface area contributed by atoms with Crippen molar-refractivity contribution in [2.75, 3.05) is 5.32 Å². The first-order chi connectivity index (χ1) is 8.08. The molecule has 1 N–H and O–H groups in total. The third kappa shape index (κ3) is 2.76. The van der Waals surface area contributed by atoms with Crippen LogP contribution in [-0.2, 0) is 0 Å². The van der Waals surface area contributed by atoms with Crippen LogP contribution in [-0.4, -0.2) is 15.0 Å². The van der Waals surface area contributed by atoms with Gasteiger partial charge in [0.05, 0.1) is 10.7 Å². The monoisotopic (exact) mass is 316 g/mol. The van der Waals surface area contributed by atoms with Crippen molar-refractivity contribution >= 4 is 33.3 Å². The van der Waals surface area contributed by atoms with Gasteiger partial charge >= 0.3 is 0 Å². The minimum Gasteiger partial charge on any atom is -0.444 e. The highest BCUT2D eigenvalue weighted by Crippen LogP contribution is 2.28. The van der Waals surface area contributed by atoms with Gasteiger partial charge in [0.15, 0.2) is 0 Å². The lowest BCUT2D eigenvalue weighted by atomic mass is 10.3.